The van der Waals surface area contributed by atoms with E-state index in [9.17, 15) is 9.18 Å². The Kier molecular flexibility index (Phi) is 7.44. The molecular weight excluding hydrogens is 461 g/mol. The molecule has 0 spiro atoms. The number of nitrogens with one attached hydrogen (secondary N) is 2. The van der Waals surface area contributed by atoms with Gasteiger partial charge in [-0.05, 0) is 31.0 Å². The summed E-state index contributed by atoms with van der Waals surface area (Å²) in [6, 6.07) is 8.22. The largest absolute Gasteiger partial charge is 0.493 e. The summed E-state index contributed by atoms with van der Waals surface area (Å²) in [4.78, 5) is 20.7. The van der Waals surface area contributed by atoms with Crippen LogP contribution in [-0.4, -0.2) is 42.2 Å². The molecule has 178 valence electrons. The summed E-state index contributed by atoms with van der Waals surface area (Å²) in [6.07, 6.45) is 5.00. The Balaban J connectivity index is 1.58. The zero-order chi connectivity index (χ0) is 24.1. The molecule has 0 aliphatic heterocycles. The highest BCUT2D eigenvalue weighted by atomic mass is 35.5. The molecule has 1 amide bonds. The van der Waals surface area contributed by atoms with E-state index in [1.54, 1.807) is 31.4 Å². The van der Waals surface area contributed by atoms with Gasteiger partial charge in [0, 0.05) is 36.5 Å². The highest BCUT2D eigenvalue weighted by Gasteiger charge is 2.22. The summed E-state index contributed by atoms with van der Waals surface area (Å²) < 4.78 is 26.2. The molecule has 1 unspecified atom stereocenters. The predicted molar refractivity (Wildman–Crippen MR) is 129 cm³/mol. The third-order valence-electron chi connectivity index (χ3n) is 5.50. The van der Waals surface area contributed by atoms with Gasteiger partial charge in [0.1, 0.15) is 18.2 Å². The number of nitrogens with zero attached hydrogens (tertiary/aromatic N) is 2. The Labute approximate surface area is 201 Å². The van der Waals surface area contributed by atoms with E-state index >= 15 is 0 Å². The fourth-order valence-corrected chi connectivity index (χ4v) is 3.92. The van der Waals surface area contributed by atoms with Crippen LogP contribution in [0.4, 0.5) is 15.9 Å². The topological polar surface area (TPSA) is 111 Å². The normalized spacial score (nSPS) is 15.5. The maximum Gasteiger partial charge on any atom is 0.246 e. The van der Waals surface area contributed by atoms with Crippen LogP contribution in [-0.2, 0) is 4.79 Å². The number of hydrogen-bond acceptors (Lipinski definition) is 7. The predicted octanol–water partition coefficient (Wildman–Crippen LogP) is 4.11. The van der Waals surface area contributed by atoms with Crippen molar-refractivity contribution in [2.45, 2.75) is 25.4 Å². The SMILES string of the molecule is COc1cc2ncnc(Nc3cccc(Cl)c3F)c2cc1OC1CC=C(C(=O)NCCN)CC1. The van der Waals surface area contributed by atoms with E-state index in [2.05, 4.69) is 20.6 Å². The Morgan fingerprint density at radius 2 is 2.15 bits per heavy atom. The van der Waals surface area contributed by atoms with Crippen LogP contribution in [0.1, 0.15) is 19.3 Å². The molecule has 1 aliphatic rings. The number of aromatic nitrogens is 2. The molecular formula is C24H25ClFN5O3. The molecule has 1 aliphatic carbocycles. The van der Waals surface area contributed by atoms with Crippen molar-refractivity contribution in [3.05, 3.63) is 59.1 Å². The number of rotatable bonds is 8. The number of carbonyl (C=O) groups excluding carboxylic acids is 1. The van der Waals surface area contributed by atoms with Crippen molar-refractivity contribution >= 4 is 39.9 Å². The number of ether oxygens (including phenoxy) is 2. The molecule has 4 rings (SSSR count). The van der Waals surface area contributed by atoms with Gasteiger partial charge in [-0.3, -0.25) is 4.79 Å². The highest BCUT2D eigenvalue weighted by molar-refractivity contribution is 6.31. The fraction of sp³-hybridized carbons (Fsp3) is 0.292. The molecule has 0 bridgehead atoms. The number of anilines is 2. The first-order valence-corrected chi connectivity index (χ1v) is 11.3. The average Bonchev–Trinajstić information content (AvgIpc) is 2.85. The maximum absolute atomic E-state index is 14.4. The van der Waals surface area contributed by atoms with Gasteiger partial charge in [-0.15, -0.1) is 0 Å². The van der Waals surface area contributed by atoms with Gasteiger partial charge in [0.25, 0.3) is 0 Å². The van der Waals surface area contributed by atoms with Gasteiger partial charge in [-0.25, -0.2) is 14.4 Å². The van der Waals surface area contributed by atoms with Crippen molar-refractivity contribution in [3.63, 3.8) is 0 Å². The van der Waals surface area contributed by atoms with E-state index in [-0.39, 0.29) is 22.7 Å². The van der Waals surface area contributed by atoms with E-state index in [4.69, 9.17) is 26.8 Å². The second-order valence-corrected chi connectivity index (χ2v) is 8.16. The number of methoxy groups -OCH3 is 1. The Morgan fingerprint density at radius 3 is 2.88 bits per heavy atom. The first-order valence-electron chi connectivity index (χ1n) is 10.9. The quantitative estimate of drug-likeness (QED) is 0.440. The standard InChI is InChI=1S/C24H25ClFN5O3/c1-33-20-12-19-16(23(30-13-29-19)31-18-4-2-3-17(25)22(18)26)11-21(20)34-15-7-5-14(6-8-15)24(32)28-10-9-27/h2-5,11-13,15H,6-10,27H2,1H3,(H,28,32)(H,29,30,31). The summed E-state index contributed by atoms with van der Waals surface area (Å²) in [5.41, 5.74) is 6.98. The lowest BCUT2D eigenvalue weighted by Gasteiger charge is -2.24. The van der Waals surface area contributed by atoms with E-state index in [0.717, 1.165) is 5.57 Å². The third-order valence-corrected chi connectivity index (χ3v) is 5.80. The molecule has 1 heterocycles. The van der Waals surface area contributed by atoms with E-state index in [0.29, 0.717) is 60.6 Å². The second kappa shape index (κ2) is 10.7. The molecule has 0 saturated heterocycles. The first-order chi connectivity index (χ1) is 16.5. The number of carbonyl (C=O) groups is 1. The van der Waals surface area contributed by atoms with Crippen LogP contribution in [0.15, 0.2) is 48.3 Å². The van der Waals surface area contributed by atoms with Crippen molar-refractivity contribution in [3.8, 4) is 11.5 Å². The molecule has 0 fully saturated rings. The van der Waals surface area contributed by atoms with Gasteiger partial charge in [0.2, 0.25) is 5.91 Å². The summed E-state index contributed by atoms with van der Waals surface area (Å²) in [6.45, 7) is 0.846. The van der Waals surface area contributed by atoms with Crippen molar-refractivity contribution in [1.29, 1.82) is 0 Å². The molecule has 34 heavy (non-hydrogen) atoms. The van der Waals surface area contributed by atoms with Crippen LogP contribution in [0.2, 0.25) is 5.02 Å². The van der Waals surface area contributed by atoms with Crippen molar-refractivity contribution in [1.82, 2.24) is 15.3 Å². The van der Waals surface area contributed by atoms with Crippen LogP contribution in [0.3, 0.4) is 0 Å². The number of halogens is 2. The van der Waals surface area contributed by atoms with Gasteiger partial charge in [-0.2, -0.15) is 0 Å². The van der Waals surface area contributed by atoms with Crippen LogP contribution in [0, 0.1) is 5.82 Å². The van der Waals surface area contributed by atoms with E-state index in [1.165, 1.54) is 12.4 Å². The minimum atomic E-state index is -0.568. The van der Waals surface area contributed by atoms with E-state index in [1.807, 2.05) is 6.08 Å². The first kappa shape index (κ1) is 23.7. The van der Waals surface area contributed by atoms with Crippen molar-refractivity contribution in [2.75, 3.05) is 25.5 Å². The monoisotopic (exact) mass is 485 g/mol. The van der Waals surface area contributed by atoms with Crippen LogP contribution in [0.5, 0.6) is 11.5 Å². The number of benzene rings is 2. The van der Waals surface area contributed by atoms with Crippen molar-refractivity contribution < 1.29 is 18.7 Å². The minimum absolute atomic E-state index is 0.00971. The van der Waals surface area contributed by atoms with E-state index < -0.39 is 5.82 Å². The lowest BCUT2D eigenvalue weighted by Crippen LogP contribution is -2.32. The molecule has 2 aromatic carbocycles. The summed E-state index contributed by atoms with van der Waals surface area (Å²) in [7, 11) is 1.55. The molecule has 8 nitrogen and oxygen atoms in total. The summed E-state index contributed by atoms with van der Waals surface area (Å²) in [5.74, 6) is 0.769. The van der Waals surface area contributed by atoms with Crippen LogP contribution >= 0.6 is 11.6 Å². The zero-order valence-corrected chi connectivity index (χ0v) is 19.4. The van der Waals surface area contributed by atoms with Gasteiger partial charge in [0.05, 0.1) is 23.3 Å². The number of amides is 1. The third kappa shape index (κ3) is 5.21. The van der Waals surface area contributed by atoms with Gasteiger partial charge in [0.15, 0.2) is 17.3 Å². The molecule has 0 saturated carbocycles. The molecule has 10 heteroatoms. The average molecular weight is 486 g/mol. The molecule has 3 aromatic rings. The Bertz CT molecular complexity index is 1240. The van der Waals surface area contributed by atoms with Crippen LogP contribution in [0.25, 0.3) is 10.9 Å². The molecule has 1 aromatic heterocycles. The Hall–Kier alpha value is -3.43. The van der Waals surface area contributed by atoms with Gasteiger partial charge < -0.3 is 25.8 Å². The molecule has 0 radical (unpaired) electrons. The number of fused-ring (bicyclic) bond motifs is 1. The zero-order valence-electron chi connectivity index (χ0n) is 18.6. The fourth-order valence-electron chi connectivity index (χ4n) is 3.75. The smallest absolute Gasteiger partial charge is 0.246 e. The second-order valence-electron chi connectivity index (χ2n) is 7.76. The Morgan fingerprint density at radius 1 is 1.29 bits per heavy atom. The molecule has 4 N–H and O–H groups in total. The van der Waals surface area contributed by atoms with Gasteiger partial charge >= 0.3 is 0 Å². The lowest BCUT2D eigenvalue weighted by atomic mass is 9.96. The number of hydrogen-bond donors (Lipinski definition) is 3. The van der Waals surface area contributed by atoms with Crippen molar-refractivity contribution in [2.24, 2.45) is 5.73 Å². The highest BCUT2D eigenvalue weighted by Crippen LogP contribution is 2.37. The molecule has 1 atom stereocenters. The maximum atomic E-state index is 14.4. The minimum Gasteiger partial charge on any atom is -0.493 e. The summed E-state index contributed by atoms with van der Waals surface area (Å²) in [5, 5.41) is 6.42. The van der Waals surface area contributed by atoms with Crippen LogP contribution < -0.4 is 25.8 Å². The number of nitrogens with two attached hydrogens (primary N) is 1. The lowest BCUT2D eigenvalue weighted by molar-refractivity contribution is -0.117. The van der Waals surface area contributed by atoms with Gasteiger partial charge in [-0.1, -0.05) is 23.7 Å². The summed E-state index contributed by atoms with van der Waals surface area (Å²) >= 11 is 5.91.